The molecule has 2 aromatic heterocycles. The van der Waals surface area contributed by atoms with Crippen molar-refractivity contribution in [3.63, 3.8) is 0 Å². The van der Waals surface area contributed by atoms with Crippen molar-refractivity contribution in [2.75, 3.05) is 13.4 Å². The van der Waals surface area contributed by atoms with Gasteiger partial charge in [0.2, 0.25) is 0 Å². The second-order valence-electron chi connectivity index (χ2n) is 6.79. The van der Waals surface area contributed by atoms with Crippen LogP contribution in [0.25, 0.3) is 17.8 Å². The quantitative estimate of drug-likeness (QED) is 0.533. The fraction of sp³-hybridized carbons (Fsp3) is 0.190. The molecule has 0 radical (unpaired) electrons. The van der Waals surface area contributed by atoms with Crippen LogP contribution in [0.1, 0.15) is 17.0 Å². The maximum absolute atomic E-state index is 9.19. The van der Waals surface area contributed by atoms with Crippen LogP contribution in [0.5, 0.6) is 5.75 Å². The number of aromatic amines is 2. The lowest BCUT2D eigenvalue weighted by Gasteiger charge is -1.94. The molecule has 0 saturated heterocycles. The molecule has 0 bridgehead atoms. The van der Waals surface area contributed by atoms with Gasteiger partial charge in [-0.25, -0.2) is 4.99 Å². The number of nitrogens with zero attached hydrogens (tertiary/aromatic N) is 1. The van der Waals surface area contributed by atoms with Crippen LogP contribution in [0.2, 0.25) is 0 Å². The minimum Gasteiger partial charge on any atom is -0.494 e. The number of para-hydroxylation sites is 1. The lowest BCUT2D eigenvalue weighted by molar-refractivity contribution is 0.412. The molecule has 0 atom stereocenters. The van der Waals surface area contributed by atoms with E-state index in [9.17, 15) is 8.42 Å². The molecule has 0 unspecified atom stereocenters. The van der Waals surface area contributed by atoms with Crippen LogP contribution < -0.4 is 26.0 Å². The fourth-order valence-corrected chi connectivity index (χ4v) is 3.07. The fourth-order valence-electron chi connectivity index (χ4n) is 3.07. The summed E-state index contributed by atoms with van der Waals surface area (Å²) < 4.78 is 31.4. The molecule has 3 heterocycles. The summed E-state index contributed by atoms with van der Waals surface area (Å²) >= 11 is 0. The van der Waals surface area contributed by atoms with Crippen LogP contribution in [0.4, 0.5) is 0 Å². The Kier molecular flexibility index (Phi) is 5.76. The Balaban J connectivity index is 0.000000431. The highest BCUT2D eigenvalue weighted by Crippen LogP contribution is 2.10. The summed E-state index contributed by atoms with van der Waals surface area (Å²) in [6.45, 7) is 4.15. The number of aryl methyl sites for hydroxylation is 2. The highest BCUT2D eigenvalue weighted by atomic mass is 32.2. The van der Waals surface area contributed by atoms with E-state index >= 15 is 0 Å². The Morgan fingerprint density at radius 3 is 2.41 bits per heavy atom. The lowest BCUT2D eigenvalue weighted by atomic mass is 10.2. The van der Waals surface area contributed by atoms with E-state index < -0.39 is 10.1 Å². The topological polar surface area (TPSA) is 108 Å². The summed E-state index contributed by atoms with van der Waals surface area (Å²) in [4.78, 5) is 11.5. The van der Waals surface area contributed by atoms with Crippen LogP contribution in [0.3, 0.4) is 0 Å². The van der Waals surface area contributed by atoms with Gasteiger partial charge < -0.3 is 14.7 Å². The maximum Gasteiger partial charge on any atom is 0.261 e. The molecule has 1 aromatic carbocycles. The number of aromatic nitrogens is 2. The first-order chi connectivity index (χ1) is 13.6. The zero-order valence-electron chi connectivity index (χ0n) is 16.6. The molecule has 0 amide bonds. The van der Waals surface area contributed by atoms with Gasteiger partial charge in [-0.15, -0.1) is 0 Å². The van der Waals surface area contributed by atoms with E-state index in [1.165, 1.54) is 5.56 Å². The lowest BCUT2D eigenvalue weighted by Crippen LogP contribution is -2.19. The molecule has 152 valence electrons. The molecule has 1 aliphatic heterocycles. The molecule has 3 aromatic rings. The van der Waals surface area contributed by atoms with Gasteiger partial charge in [0.1, 0.15) is 5.75 Å². The van der Waals surface area contributed by atoms with Crippen molar-refractivity contribution in [1.82, 2.24) is 9.97 Å². The first-order valence-electron chi connectivity index (χ1n) is 8.87. The second kappa shape index (κ2) is 8.10. The van der Waals surface area contributed by atoms with Crippen molar-refractivity contribution in [2.24, 2.45) is 4.99 Å². The van der Waals surface area contributed by atoms with Crippen molar-refractivity contribution in [1.29, 1.82) is 0 Å². The molecule has 7 nitrogen and oxygen atoms in total. The Morgan fingerprint density at radius 1 is 1.14 bits per heavy atom. The summed E-state index contributed by atoms with van der Waals surface area (Å²) in [5.74, 6) is 0.809. The van der Waals surface area contributed by atoms with E-state index in [0.29, 0.717) is 6.26 Å². The number of rotatable bonds is 2. The van der Waals surface area contributed by atoms with E-state index in [4.69, 9.17) is 14.3 Å². The van der Waals surface area contributed by atoms with E-state index in [2.05, 4.69) is 48.1 Å². The van der Waals surface area contributed by atoms with Gasteiger partial charge in [0.25, 0.3) is 10.1 Å². The molecule has 29 heavy (non-hydrogen) atoms. The average Bonchev–Trinajstić information content (AvgIpc) is 3.30. The highest BCUT2D eigenvalue weighted by molar-refractivity contribution is 7.85. The van der Waals surface area contributed by atoms with Crippen molar-refractivity contribution >= 4 is 28.0 Å². The van der Waals surface area contributed by atoms with Crippen molar-refractivity contribution in [3.05, 3.63) is 74.6 Å². The number of H-pyrrole nitrogens is 2. The molecule has 8 heteroatoms. The van der Waals surface area contributed by atoms with Gasteiger partial charge in [-0.3, -0.25) is 4.55 Å². The minimum absolute atomic E-state index is 0.715. The van der Waals surface area contributed by atoms with Crippen molar-refractivity contribution in [3.8, 4) is 5.75 Å². The first kappa shape index (κ1) is 20.6. The monoisotopic (exact) mass is 413 g/mol. The van der Waals surface area contributed by atoms with Gasteiger partial charge in [-0.2, -0.15) is 8.42 Å². The summed E-state index contributed by atoms with van der Waals surface area (Å²) in [6.07, 6.45) is 4.88. The van der Waals surface area contributed by atoms with Crippen molar-refractivity contribution in [2.45, 2.75) is 13.8 Å². The molecular formula is C21H23N3O4S. The van der Waals surface area contributed by atoms with Gasteiger partial charge in [-0.05, 0) is 43.7 Å². The molecule has 0 aliphatic carbocycles. The minimum atomic E-state index is -3.67. The highest BCUT2D eigenvalue weighted by Gasteiger charge is 2.06. The summed E-state index contributed by atoms with van der Waals surface area (Å²) in [5, 5.41) is 4.03. The van der Waals surface area contributed by atoms with Crippen LogP contribution in [-0.4, -0.2) is 36.3 Å². The van der Waals surface area contributed by atoms with Gasteiger partial charge in [0.05, 0.1) is 35.1 Å². The Hall–Kier alpha value is -3.10. The molecule has 0 spiro atoms. The largest absolute Gasteiger partial charge is 0.494 e. The SMILES string of the molecule is COc1c/c(=C2\C=c3ccccc3=N2)[nH]/c1=C\c1[nH]c(C)cc1C.CS(=O)(=O)O. The third-order valence-electron chi connectivity index (χ3n) is 4.25. The van der Waals surface area contributed by atoms with Gasteiger partial charge in [-0.1, -0.05) is 18.2 Å². The van der Waals surface area contributed by atoms with E-state index in [0.717, 1.165) is 44.1 Å². The normalized spacial score (nSPS) is 15.1. The Morgan fingerprint density at radius 2 is 1.83 bits per heavy atom. The van der Waals surface area contributed by atoms with Crippen LogP contribution in [-0.2, 0) is 10.1 Å². The molecule has 3 N–H and O–H groups in total. The average molecular weight is 413 g/mol. The molecule has 1 aliphatic rings. The third kappa shape index (κ3) is 5.24. The maximum atomic E-state index is 9.19. The molecule has 0 saturated carbocycles. The number of ether oxygens (including phenoxy) is 1. The predicted octanol–water partition coefficient (Wildman–Crippen LogP) is 0.523. The van der Waals surface area contributed by atoms with E-state index in [1.807, 2.05) is 24.3 Å². The Labute approximate surface area is 168 Å². The number of fused-ring (bicyclic) bond motifs is 1. The standard InChI is InChI=1S/C20H19N3O.CH4O3S/c1-12-8-13(2)21-16(12)10-19-20(24-3)11-18(23-19)17-9-14-6-4-5-7-15(14)22-17;1-5(2,3)4/h4-11,21,23H,1-3H3;1H3,(H,2,3,4)/b18-17-,19-10-;. The number of methoxy groups -OCH3 is 1. The number of benzene rings is 1. The Bertz CT molecular complexity index is 1350. The molecular weight excluding hydrogens is 390 g/mol. The summed E-state index contributed by atoms with van der Waals surface area (Å²) in [5.41, 5.74) is 4.37. The third-order valence-corrected chi connectivity index (χ3v) is 4.25. The predicted molar refractivity (Wildman–Crippen MR) is 113 cm³/mol. The van der Waals surface area contributed by atoms with Gasteiger partial charge >= 0.3 is 0 Å². The van der Waals surface area contributed by atoms with E-state index in [-0.39, 0.29) is 0 Å². The smallest absolute Gasteiger partial charge is 0.261 e. The summed E-state index contributed by atoms with van der Waals surface area (Å²) in [7, 11) is -1.98. The van der Waals surface area contributed by atoms with Crippen LogP contribution in [0, 0.1) is 13.8 Å². The zero-order chi connectivity index (χ0) is 21.2. The van der Waals surface area contributed by atoms with E-state index in [1.54, 1.807) is 7.11 Å². The molecule has 0 fully saturated rings. The summed E-state index contributed by atoms with van der Waals surface area (Å²) in [6, 6.07) is 12.3. The van der Waals surface area contributed by atoms with Crippen LogP contribution >= 0.6 is 0 Å². The number of hydrogen-bond acceptors (Lipinski definition) is 4. The van der Waals surface area contributed by atoms with Crippen molar-refractivity contribution < 1.29 is 17.7 Å². The zero-order valence-corrected chi connectivity index (χ0v) is 17.5. The number of hydrogen-bond donors (Lipinski definition) is 3. The number of nitrogens with one attached hydrogen (secondary N) is 2. The molecule has 4 rings (SSSR count). The van der Waals surface area contributed by atoms with Crippen LogP contribution in [0.15, 0.2) is 41.4 Å². The second-order valence-corrected chi connectivity index (χ2v) is 8.26. The van der Waals surface area contributed by atoms with Gasteiger partial charge in [0, 0.05) is 22.7 Å². The van der Waals surface area contributed by atoms with Gasteiger partial charge in [0.15, 0.2) is 0 Å². The first-order valence-corrected chi connectivity index (χ1v) is 10.7.